The van der Waals surface area contributed by atoms with Gasteiger partial charge in [0.25, 0.3) is 0 Å². The monoisotopic (exact) mass is 289 g/mol. The SMILES string of the molecule is CCC1=C(C(=O)O)c2ccccc2N(CC)C1(C)C(=O)O. The van der Waals surface area contributed by atoms with E-state index in [0.29, 0.717) is 29.8 Å². The van der Waals surface area contributed by atoms with E-state index in [1.807, 2.05) is 6.92 Å². The van der Waals surface area contributed by atoms with Gasteiger partial charge in [-0.3, -0.25) is 0 Å². The molecule has 21 heavy (non-hydrogen) atoms. The first-order valence-corrected chi connectivity index (χ1v) is 6.96. The van der Waals surface area contributed by atoms with Crippen LogP contribution in [-0.2, 0) is 9.59 Å². The van der Waals surface area contributed by atoms with Crippen LogP contribution in [0.4, 0.5) is 5.69 Å². The molecule has 1 unspecified atom stereocenters. The van der Waals surface area contributed by atoms with E-state index in [4.69, 9.17) is 0 Å². The quantitative estimate of drug-likeness (QED) is 0.891. The second-order valence-corrected chi connectivity index (χ2v) is 5.15. The number of rotatable bonds is 4. The van der Waals surface area contributed by atoms with Gasteiger partial charge in [0.1, 0.15) is 0 Å². The third kappa shape index (κ3) is 2.00. The van der Waals surface area contributed by atoms with Crippen LogP contribution < -0.4 is 4.90 Å². The molecule has 1 aromatic carbocycles. The minimum atomic E-state index is -1.34. The van der Waals surface area contributed by atoms with Gasteiger partial charge in [0.05, 0.1) is 5.57 Å². The standard InChI is InChI=1S/C16H19NO4/c1-4-11-13(14(18)19)10-8-6-7-9-12(10)17(5-2)16(11,3)15(20)21/h6-9H,4-5H2,1-3H3,(H,18,19)(H,20,21). The Labute approximate surface area is 123 Å². The van der Waals surface area contributed by atoms with Gasteiger partial charge >= 0.3 is 11.9 Å². The minimum absolute atomic E-state index is 0.114. The van der Waals surface area contributed by atoms with Crippen molar-refractivity contribution in [2.75, 3.05) is 11.4 Å². The molecule has 0 saturated heterocycles. The molecular weight excluding hydrogens is 270 g/mol. The lowest BCUT2D eigenvalue weighted by molar-refractivity contribution is -0.141. The molecule has 5 heteroatoms. The predicted octanol–water partition coefficient (Wildman–Crippen LogP) is 2.62. The summed E-state index contributed by atoms with van der Waals surface area (Å²) < 4.78 is 0. The second-order valence-electron chi connectivity index (χ2n) is 5.15. The highest BCUT2D eigenvalue weighted by atomic mass is 16.4. The van der Waals surface area contributed by atoms with Crippen molar-refractivity contribution in [3.8, 4) is 0 Å². The molecule has 1 atom stereocenters. The fourth-order valence-corrected chi connectivity index (χ4v) is 3.23. The van der Waals surface area contributed by atoms with Gasteiger partial charge in [0, 0.05) is 17.8 Å². The van der Waals surface area contributed by atoms with E-state index in [9.17, 15) is 19.8 Å². The van der Waals surface area contributed by atoms with Crippen molar-refractivity contribution in [1.29, 1.82) is 0 Å². The summed E-state index contributed by atoms with van der Waals surface area (Å²) in [6, 6.07) is 7.07. The highest BCUT2D eigenvalue weighted by Crippen LogP contribution is 2.44. The molecule has 1 heterocycles. The van der Waals surface area contributed by atoms with E-state index >= 15 is 0 Å². The first kappa shape index (κ1) is 15.1. The molecule has 0 saturated carbocycles. The summed E-state index contributed by atoms with van der Waals surface area (Å²) in [5.41, 5.74) is 0.443. The zero-order valence-corrected chi connectivity index (χ0v) is 12.4. The Morgan fingerprint density at radius 3 is 2.29 bits per heavy atom. The van der Waals surface area contributed by atoms with Crippen LogP contribution in [0.1, 0.15) is 32.8 Å². The number of hydrogen-bond donors (Lipinski definition) is 2. The third-order valence-corrected chi connectivity index (χ3v) is 4.19. The zero-order chi connectivity index (χ0) is 15.8. The first-order valence-electron chi connectivity index (χ1n) is 6.96. The fraction of sp³-hybridized carbons (Fsp3) is 0.375. The average Bonchev–Trinajstić information content (AvgIpc) is 2.45. The van der Waals surface area contributed by atoms with Gasteiger partial charge in [-0.1, -0.05) is 25.1 Å². The molecule has 1 aliphatic rings. The van der Waals surface area contributed by atoms with Gasteiger partial charge in [-0.15, -0.1) is 0 Å². The number of carbonyl (C=O) groups is 2. The Morgan fingerprint density at radius 1 is 1.19 bits per heavy atom. The van der Waals surface area contributed by atoms with Crippen LogP contribution >= 0.6 is 0 Å². The summed E-state index contributed by atoms with van der Waals surface area (Å²) in [5, 5.41) is 19.3. The third-order valence-electron chi connectivity index (χ3n) is 4.19. The second kappa shape index (κ2) is 5.24. The molecule has 0 aliphatic carbocycles. The number of benzene rings is 1. The number of anilines is 1. The molecule has 1 aliphatic heterocycles. The summed E-state index contributed by atoms with van der Waals surface area (Å²) >= 11 is 0. The lowest BCUT2D eigenvalue weighted by Crippen LogP contribution is -2.56. The average molecular weight is 289 g/mol. The number of carboxylic acids is 2. The normalized spacial score (nSPS) is 21.2. The highest BCUT2D eigenvalue weighted by molar-refractivity contribution is 6.21. The van der Waals surface area contributed by atoms with Crippen LogP contribution in [0.5, 0.6) is 0 Å². The van der Waals surface area contributed by atoms with E-state index in [1.165, 1.54) is 0 Å². The van der Waals surface area contributed by atoms with Crippen LogP contribution in [0.3, 0.4) is 0 Å². The smallest absolute Gasteiger partial charge is 0.336 e. The summed E-state index contributed by atoms with van der Waals surface area (Å²) in [4.78, 5) is 25.4. The molecule has 0 spiro atoms. The van der Waals surface area contributed by atoms with Crippen molar-refractivity contribution in [2.45, 2.75) is 32.7 Å². The molecule has 0 radical (unpaired) electrons. The maximum atomic E-state index is 11.9. The number of hydrogen-bond acceptors (Lipinski definition) is 3. The Balaban J connectivity index is 2.90. The zero-order valence-electron chi connectivity index (χ0n) is 12.4. The lowest BCUT2D eigenvalue weighted by Gasteiger charge is -2.45. The Bertz CT molecular complexity index is 635. The van der Waals surface area contributed by atoms with E-state index in [1.54, 1.807) is 43.0 Å². The van der Waals surface area contributed by atoms with E-state index in [-0.39, 0.29) is 5.57 Å². The van der Waals surface area contributed by atoms with E-state index in [2.05, 4.69) is 0 Å². The Hall–Kier alpha value is -2.30. The van der Waals surface area contributed by atoms with Gasteiger partial charge in [-0.25, -0.2) is 9.59 Å². The maximum absolute atomic E-state index is 11.9. The van der Waals surface area contributed by atoms with Crippen LogP contribution in [0.25, 0.3) is 5.57 Å². The Morgan fingerprint density at radius 2 is 1.81 bits per heavy atom. The van der Waals surface area contributed by atoms with Crippen LogP contribution in [0.2, 0.25) is 0 Å². The Kier molecular flexibility index (Phi) is 3.77. The van der Waals surface area contributed by atoms with Crippen molar-refractivity contribution in [3.63, 3.8) is 0 Å². The number of aliphatic carboxylic acids is 2. The molecule has 0 aromatic heterocycles. The van der Waals surface area contributed by atoms with E-state index in [0.717, 1.165) is 0 Å². The number of likely N-dealkylation sites (N-methyl/N-ethyl adjacent to an activating group) is 1. The molecule has 0 fully saturated rings. The molecular formula is C16H19NO4. The number of fused-ring (bicyclic) bond motifs is 1. The topological polar surface area (TPSA) is 77.8 Å². The summed E-state index contributed by atoms with van der Waals surface area (Å²) in [7, 11) is 0. The van der Waals surface area contributed by atoms with Gasteiger partial charge in [0.2, 0.25) is 0 Å². The van der Waals surface area contributed by atoms with Crippen LogP contribution in [-0.4, -0.2) is 34.2 Å². The molecule has 112 valence electrons. The molecule has 0 amide bonds. The molecule has 2 rings (SSSR count). The van der Waals surface area contributed by atoms with Crippen molar-refractivity contribution in [1.82, 2.24) is 0 Å². The fourth-order valence-electron chi connectivity index (χ4n) is 3.23. The lowest BCUT2D eigenvalue weighted by atomic mass is 9.78. The van der Waals surface area contributed by atoms with Crippen molar-refractivity contribution < 1.29 is 19.8 Å². The van der Waals surface area contributed by atoms with Gasteiger partial charge in [0.15, 0.2) is 5.54 Å². The van der Waals surface area contributed by atoms with E-state index < -0.39 is 17.5 Å². The van der Waals surface area contributed by atoms with Crippen LogP contribution in [0, 0.1) is 0 Å². The molecule has 2 N–H and O–H groups in total. The number of para-hydroxylation sites is 1. The first-order chi connectivity index (χ1) is 9.89. The largest absolute Gasteiger partial charge is 0.479 e. The van der Waals surface area contributed by atoms with Crippen molar-refractivity contribution >= 4 is 23.2 Å². The summed E-state index contributed by atoms with van der Waals surface area (Å²) in [5.74, 6) is -2.11. The van der Waals surface area contributed by atoms with Crippen LogP contribution in [0.15, 0.2) is 29.8 Å². The van der Waals surface area contributed by atoms with Crippen molar-refractivity contribution in [3.05, 3.63) is 35.4 Å². The number of nitrogens with zero attached hydrogens (tertiary/aromatic N) is 1. The predicted molar refractivity (Wildman–Crippen MR) is 80.3 cm³/mol. The molecule has 0 bridgehead atoms. The molecule has 5 nitrogen and oxygen atoms in total. The maximum Gasteiger partial charge on any atom is 0.336 e. The molecule has 1 aromatic rings. The van der Waals surface area contributed by atoms with Gasteiger partial charge < -0.3 is 15.1 Å². The van der Waals surface area contributed by atoms with Gasteiger partial charge in [-0.05, 0) is 31.9 Å². The summed E-state index contributed by atoms with van der Waals surface area (Å²) in [6.45, 7) is 5.73. The highest BCUT2D eigenvalue weighted by Gasteiger charge is 2.48. The van der Waals surface area contributed by atoms with Crippen molar-refractivity contribution in [2.24, 2.45) is 0 Å². The summed E-state index contributed by atoms with van der Waals surface area (Å²) in [6.07, 6.45) is 0.370. The number of carboxylic acid groups (broad SMARTS) is 2. The minimum Gasteiger partial charge on any atom is -0.479 e. The van der Waals surface area contributed by atoms with Gasteiger partial charge in [-0.2, -0.15) is 0 Å².